The Morgan fingerprint density at radius 2 is 2.41 bits per heavy atom. The zero-order valence-corrected chi connectivity index (χ0v) is 9.59. The van der Waals surface area contributed by atoms with E-state index < -0.39 is 0 Å². The van der Waals surface area contributed by atoms with E-state index >= 15 is 0 Å². The predicted molar refractivity (Wildman–Crippen MR) is 63.5 cm³/mol. The number of nitrogens with one attached hydrogen (secondary N) is 1. The van der Waals surface area contributed by atoms with E-state index in [-0.39, 0.29) is 23.0 Å². The summed E-state index contributed by atoms with van der Waals surface area (Å²) in [6.07, 6.45) is 0.761. The molecule has 1 atom stereocenters. The molecule has 17 heavy (non-hydrogen) atoms. The number of hydrogen-bond acceptors (Lipinski definition) is 5. The summed E-state index contributed by atoms with van der Waals surface area (Å²) >= 11 is 1.30. The number of rotatable bonds is 2. The fourth-order valence-electron chi connectivity index (χ4n) is 1.74. The van der Waals surface area contributed by atoms with E-state index in [2.05, 4.69) is 10.3 Å². The minimum absolute atomic E-state index is 0.0958. The number of halogens is 1. The van der Waals surface area contributed by atoms with Crippen LogP contribution in [0, 0.1) is 5.82 Å². The number of hydrogen-bond donors (Lipinski definition) is 1. The van der Waals surface area contributed by atoms with Crippen LogP contribution in [0.4, 0.5) is 10.4 Å². The number of carbonyl (C=O) groups excluding carboxylic acids is 1. The number of oxazole rings is 1. The molecule has 3 rings (SSSR count). The number of nitrogens with zero attached hydrogens (tertiary/aromatic N) is 1. The molecule has 1 aromatic carbocycles. The molecular weight excluding hydrogens is 243 g/mol. The summed E-state index contributed by atoms with van der Waals surface area (Å²) in [6, 6.07) is 4.15. The lowest BCUT2D eigenvalue weighted by atomic mass is 10.2. The highest BCUT2D eigenvalue weighted by Gasteiger charge is 2.26. The van der Waals surface area contributed by atoms with Crippen LogP contribution in [0.2, 0.25) is 0 Å². The monoisotopic (exact) mass is 252 g/mol. The van der Waals surface area contributed by atoms with Crippen LogP contribution in [0.15, 0.2) is 22.6 Å². The molecule has 6 heteroatoms. The first kappa shape index (κ1) is 10.6. The van der Waals surface area contributed by atoms with Crippen LogP contribution < -0.4 is 5.32 Å². The third-order valence-corrected chi connectivity index (χ3v) is 3.59. The lowest BCUT2D eigenvalue weighted by Gasteiger charge is -2.05. The second kappa shape index (κ2) is 4.03. The summed E-state index contributed by atoms with van der Waals surface area (Å²) in [4.78, 5) is 15.5. The lowest BCUT2D eigenvalue weighted by molar-refractivity contribution is -0.111. The van der Waals surface area contributed by atoms with Crippen molar-refractivity contribution in [3.05, 3.63) is 24.0 Å². The van der Waals surface area contributed by atoms with Gasteiger partial charge in [-0.3, -0.25) is 4.79 Å². The maximum atomic E-state index is 13.0. The van der Waals surface area contributed by atoms with Crippen LogP contribution in [0.5, 0.6) is 0 Å². The van der Waals surface area contributed by atoms with Gasteiger partial charge in [-0.25, -0.2) is 4.39 Å². The van der Waals surface area contributed by atoms with Crippen molar-refractivity contribution in [1.82, 2.24) is 4.98 Å². The molecule has 0 aliphatic carbocycles. The quantitative estimate of drug-likeness (QED) is 0.889. The average molecular weight is 252 g/mol. The molecule has 1 N–H and O–H groups in total. The Morgan fingerprint density at radius 3 is 3.18 bits per heavy atom. The number of anilines is 1. The van der Waals surface area contributed by atoms with Gasteiger partial charge in [-0.15, -0.1) is 0 Å². The molecule has 2 heterocycles. The molecule has 0 bridgehead atoms. The second-order valence-electron chi connectivity index (χ2n) is 3.78. The highest BCUT2D eigenvalue weighted by molar-refractivity contribution is 8.14. The Labute approximate surface area is 101 Å². The molecule has 0 spiro atoms. The Kier molecular flexibility index (Phi) is 2.51. The molecule has 0 amide bonds. The average Bonchev–Trinajstić information content (AvgIpc) is 2.85. The van der Waals surface area contributed by atoms with Gasteiger partial charge in [-0.1, -0.05) is 11.8 Å². The molecule has 4 nitrogen and oxygen atoms in total. The third kappa shape index (κ3) is 2.00. The van der Waals surface area contributed by atoms with Gasteiger partial charge < -0.3 is 9.73 Å². The van der Waals surface area contributed by atoms with E-state index in [4.69, 9.17) is 4.42 Å². The van der Waals surface area contributed by atoms with Crippen molar-refractivity contribution in [2.45, 2.75) is 12.5 Å². The van der Waals surface area contributed by atoms with Crippen LogP contribution in [0.25, 0.3) is 11.1 Å². The maximum absolute atomic E-state index is 13.0. The van der Waals surface area contributed by atoms with E-state index in [1.165, 1.54) is 30.0 Å². The molecule has 1 saturated heterocycles. The largest absolute Gasteiger partial charge is 0.424 e. The summed E-state index contributed by atoms with van der Waals surface area (Å²) in [7, 11) is 0. The van der Waals surface area contributed by atoms with Gasteiger partial charge in [0.2, 0.25) is 5.12 Å². The Hall–Kier alpha value is -1.56. The number of fused-ring (bicyclic) bond motifs is 1. The standard InChI is InChI=1S/C11H9FN2O2S/c12-6-1-2-9-8(5-6)14-11(16-9)13-7-3-4-17-10(7)15/h1-2,5,7H,3-4H2,(H,13,14). The van der Waals surface area contributed by atoms with Gasteiger partial charge >= 0.3 is 0 Å². The molecule has 1 aliphatic rings. The highest BCUT2D eigenvalue weighted by Crippen LogP contribution is 2.25. The van der Waals surface area contributed by atoms with Gasteiger partial charge in [0.15, 0.2) is 5.58 Å². The highest BCUT2D eigenvalue weighted by atomic mass is 32.2. The van der Waals surface area contributed by atoms with E-state index in [1.807, 2.05) is 0 Å². The molecular formula is C11H9FN2O2S. The number of carbonyl (C=O) groups is 1. The molecule has 1 unspecified atom stereocenters. The second-order valence-corrected chi connectivity index (χ2v) is 4.88. The molecule has 1 fully saturated rings. The molecule has 0 saturated carbocycles. The molecule has 88 valence electrons. The van der Waals surface area contributed by atoms with E-state index in [0.29, 0.717) is 11.1 Å². The first-order chi connectivity index (χ1) is 8.22. The Balaban J connectivity index is 1.88. The summed E-state index contributed by atoms with van der Waals surface area (Å²) in [5.41, 5.74) is 0.956. The SMILES string of the molecule is O=C1SCCC1Nc1nc2cc(F)ccc2o1. The topological polar surface area (TPSA) is 55.1 Å². The number of aromatic nitrogens is 1. The first-order valence-corrected chi connectivity index (χ1v) is 6.20. The molecule has 2 aromatic rings. The van der Waals surface area contributed by atoms with Gasteiger partial charge in [-0.05, 0) is 18.6 Å². The molecule has 0 radical (unpaired) electrons. The van der Waals surface area contributed by atoms with Crippen LogP contribution in [-0.4, -0.2) is 21.9 Å². The smallest absolute Gasteiger partial charge is 0.296 e. The van der Waals surface area contributed by atoms with Crippen LogP contribution in [0.3, 0.4) is 0 Å². The van der Waals surface area contributed by atoms with E-state index in [9.17, 15) is 9.18 Å². The van der Waals surface area contributed by atoms with Crippen molar-refractivity contribution in [2.24, 2.45) is 0 Å². The third-order valence-electron chi connectivity index (χ3n) is 2.58. The lowest BCUT2D eigenvalue weighted by Crippen LogP contribution is -2.22. The van der Waals surface area contributed by atoms with Crippen molar-refractivity contribution < 1.29 is 13.6 Å². The normalized spacial score (nSPS) is 20.1. The first-order valence-electron chi connectivity index (χ1n) is 5.21. The van der Waals surface area contributed by atoms with Crippen LogP contribution in [-0.2, 0) is 4.79 Å². The van der Waals surface area contributed by atoms with Crippen molar-refractivity contribution in [1.29, 1.82) is 0 Å². The van der Waals surface area contributed by atoms with Gasteiger partial charge in [-0.2, -0.15) is 4.98 Å². The molecule has 1 aliphatic heterocycles. The van der Waals surface area contributed by atoms with E-state index in [1.54, 1.807) is 0 Å². The fraction of sp³-hybridized carbons (Fsp3) is 0.273. The van der Waals surface area contributed by atoms with Crippen molar-refractivity contribution in [3.8, 4) is 0 Å². The van der Waals surface area contributed by atoms with E-state index in [0.717, 1.165) is 12.2 Å². The number of benzene rings is 1. The Morgan fingerprint density at radius 1 is 1.53 bits per heavy atom. The summed E-state index contributed by atoms with van der Waals surface area (Å²) < 4.78 is 18.3. The van der Waals surface area contributed by atoms with Gasteiger partial charge in [0.1, 0.15) is 17.4 Å². The minimum Gasteiger partial charge on any atom is -0.424 e. The Bertz CT molecular complexity index is 584. The maximum Gasteiger partial charge on any atom is 0.296 e. The van der Waals surface area contributed by atoms with Crippen LogP contribution in [0.1, 0.15) is 6.42 Å². The minimum atomic E-state index is -0.357. The summed E-state index contributed by atoms with van der Waals surface area (Å²) in [5.74, 6) is 0.454. The predicted octanol–water partition coefficient (Wildman–Crippen LogP) is 2.41. The van der Waals surface area contributed by atoms with Crippen molar-refractivity contribution in [2.75, 3.05) is 11.1 Å². The summed E-state index contributed by atoms with van der Waals surface area (Å²) in [5, 5.41) is 3.02. The van der Waals surface area contributed by atoms with Crippen molar-refractivity contribution in [3.63, 3.8) is 0 Å². The molecule has 1 aromatic heterocycles. The zero-order chi connectivity index (χ0) is 11.8. The van der Waals surface area contributed by atoms with Crippen molar-refractivity contribution >= 4 is 34.0 Å². The van der Waals surface area contributed by atoms with Crippen LogP contribution >= 0.6 is 11.8 Å². The number of thioether (sulfide) groups is 1. The van der Waals surface area contributed by atoms with Gasteiger partial charge in [0, 0.05) is 11.8 Å². The van der Waals surface area contributed by atoms with Gasteiger partial charge in [0.25, 0.3) is 6.01 Å². The summed E-state index contributed by atoms with van der Waals surface area (Å²) in [6.45, 7) is 0. The van der Waals surface area contributed by atoms with Gasteiger partial charge in [0.05, 0.1) is 0 Å². The zero-order valence-electron chi connectivity index (χ0n) is 8.77. The fourth-order valence-corrected chi connectivity index (χ4v) is 2.67.